The average molecular weight is 379 g/mol. The molecule has 0 spiro atoms. The first-order valence-corrected chi connectivity index (χ1v) is 9.59. The third-order valence-corrected chi connectivity index (χ3v) is 5.37. The average Bonchev–Trinajstić information content (AvgIpc) is 3.00. The number of carbonyl (C=O) groups is 1. The molecule has 0 radical (unpaired) electrons. The summed E-state index contributed by atoms with van der Waals surface area (Å²) in [6, 6.07) is 16.5. The molecule has 2 heterocycles. The Bertz CT molecular complexity index is 1000. The van der Waals surface area contributed by atoms with Crippen LogP contribution < -0.4 is 9.80 Å². The predicted molar refractivity (Wildman–Crippen MR) is 106 cm³/mol. The third-order valence-electron chi connectivity index (χ3n) is 5.37. The van der Waals surface area contributed by atoms with E-state index in [2.05, 4.69) is 17.3 Å². The molecule has 0 unspecified atom stereocenters. The van der Waals surface area contributed by atoms with E-state index in [-0.39, 0.29) is 5.88 Å². The van der Waals surface area contributed by atoms with Gasteiger partial charge >= 0.3 is 0 Å². The van der Waals surface area contributed by atoms with Gasteiger partial charge in [-0.15, -0.1) is 10.2 Å². The number of aromatic nitrogens is 1. The Morgan fingerprint density at radius 3 is 2.46 bits per heavy atom. The van der Waals surface area contributed by atoms with Gasteiger partial charge in [-0.2, -0.15) is 0 Å². The minimum Gasteiger partial charge on any atom is -0.493 e. The van der Waals surface area contributed by atoms with Crippen LogP contribution in [0.4, 0.5) is 5.69 Å². The van der Waals surface area contributed by atoms with Crippen molar-refractivity contribution in [3.63, 3.8) is 0 Å². The van der Waals surface area contributed by atoms with Crippen LogP contribution in [0.25, 0.3) is 10.9 Å². The quantitative estimate of drug-likeness (QED) is 0.582. The van der Waals surface area contributed by atoms with Gasteiger partial charge in [-0.3, -0.25) is 9.36 Å². The Balaban J connectivity index is 1.64. The molecule has 1 aliphatic heterocycles. The Hall–Kier alpha value is -3.03. The van der Waals surface area contributed by atoms with E-state index in [1.807, 2.05) is 34.9 Å². The molecule has 2 aromatic carbocycles. The van der Waals surface area contributed by atoms with Crippen molar-refractivity contribution in [3.05, 3.63) is 60.2 Å². The van der Waals surface area contributed by atoms with E-state index in [0.717, 1.165) is 37.1 Å². The first-order valence-electron chi connectivity index (χ1n) is 9.59. The molecule has 7 nitrogen and oxygen atoms in total. The van der Waals surface area contributed by atoms with Gasteiger partial charge in [-0.1, -0.05) is 36.4 Å². The summed E-state index contributed by atoms with van der Waals surface area (Å²) in [5, 5.41) is 19.6. The fourth-order valence-electron chi connectivity index (χ4n) is 3.68. The minimum atomic E-state index is -0.426. The lowest BCUT2D eigenvalue weighted by molar-refractivity contribution is -1.01. The zero-order valence-electron chi connectivity index (χ0n) is 15.9. The van der Waals surface area contributed by atoms with Crippen molar-refractivity contribution in [2.45, 2.75) is 6.67 Å². The van der Waals surface area contributed by atoms with Gasteiger partial charge in [0.1, 0.15) is 26.2 Å². The second-order valence-electron chi connectivity index (χ2n) is 7.35. The minimum absolute atomic E-state index is 0.0598. The fraction of sp³-hybridized carbons (Fsp3) is 0.286. The summed E-state index contributed by atoms with van der Waals surface area (Å²) in [6.07, 6.45) is 0. The normalized spacial score (nSPS) is 20.0. The summed E-state index contributed by atoms with van der Waals surface area (Å²) < 4.78 is 1.88. The van der Waals surface area contributed by atoms with Crippen LogP contribution in [0.1, 0.15) is 10.4 Å². The summed E-state index contributed by atoms with van der Waals surface area (Å²) in [5.41, 5.74) is 1.72. The number of carbonyl (C=O) groups excluding carboxylic acids is 1. The van der Waals surface area contributed by atoms with Crippen LogP contribution in [0.3, 0.4) is 0 Å². The van der Waals surface area contributed by atoms with Gasteiger partial charge in [0.05, 0.1) is 12.6 Å². The lowest BCUT2D eigenvalue weighted by atomic mass is 10.2. The Labute approximate surface area is 163 Å². The van der Waals surface area contributed by atoms with Gasteiger partial charge in [0.2, 0.25) is 5.88 Å². The number of nitrogens with zero attached hydrogens (tertiary/aromatic N) is 3. The van der Waals surface area contributed by atoms with E-state index in [1.165, 1.54) is 4.90 Å². The molecule has 0 saturated carbocycles. The Morgan fingerprint density at radius 2 is 1.71 bits per heavy atom. The van der Waals surface area contributed by atoms with Crippen molar-refractivity contribution >= 4 is 22.5 Å². The van der Waals surface area contributed by atoms with E-state index in [4.69, 9.17) is 0 Å². The van der Waals surface area contributed by atoms with Crippen LogP contribution >= 0.6 is 0 Å². The molecule has 4 rings (SSSR count). The van der Waals surface area contributed by atoms with Crippen LogP contribution in [0.15, 0.2) is 64.8 Å². The van der Waals surface area contributed by atoms with Gasteiger partial charge in [0.25, 0.3) is 5.91 Å². The summed E-state index contributed by atoms with van der Waals surface area (Å²) in [7, 11) is 2.21. The van der Waals surface area contributed by atoms with Crippen molar-refractivity contribution < 1.29 is 19.7 Å². The molecule has 3 aromatic rings. The molecule has 1 saturated heterocycles. The number of azo groups is 1. The van der Waals surface area contributed by atoms with Gasteiger partial charge in [-0.25, -0.2) is 0 Å². The number of nitrogens with one attached hydrogen (secondary N) is 2. The largest absolute Gasteiger partial charge is 0.493 e. The summed E-state index contributed by atoms with van der Waals surface area (Å²) >= 11 is 0. The molecular formula is C21H25N5O2+2. The highest BCUT2D eigenvalue weighted by molar-refractivity contribution is 5.97. The topological polar surface area (TPSA) is 75.8 Å². The number of quaternary nitrogens is 2. The number of hydrogen-bond acceptors (Lipinski definition) is 3. The monoisotopic (exact) mass is 379 g/mol. The van der Waals surface area contributed by atoms with E-state index >= 15 is 0 Å². The zero-order valence-corrected chi connectivity index (χ0v) is 15.9. The number of rotatable bonds is 4. The molecule has 0 atom stereocenters. The standard InChI is InChI=1S/C21H23N5O2/c1-24-11-13-25(14-12-24)15-26-18-10-6-5-9-17(18)19(21(26)28)22-23-20(27)16-7-3-2-4-8-16/h2-10,28H,11-15H2,1H3/p+2. The van der Waals surface area contributed by atoms with E-state index < -0.39 is 5.91 Å². The molecular weight excluding hydrogens is 354 g/mol. The molecule has 7 heteroatoms. The SMILES string of the molecule is C[NH+]1CC[NH+](Cn2c(O)c(N=NC(=O)c3ccccc3)c3ccccc32)CC1. The molecule has 1 amide bonds. The maximum Gasteiger partial charge on any atom is 0.295 e. The number of para-hydroxylation sites is 1. The highest BCUT2D eigenvalue weighted by Crippen LogP contribution is 2.38. The van der Waals surface area contributed by atoms with Crippen LogP contribution in [-0.2, 0) is 6.67 Å². The van der Waals surface area contributed by atoms with Crippen molar-refractivity contribution in [2.75, 3.05) is 33.2 Å². The molecule has 144 valence electrons. The van der Waals surface area contributed by atoms with Gasteiger partial charge < -0.3 is 14.9 Å². The highest BCUT2D eigenvalue weighted by atomic mass is 16.3. The summed E-state index contributed by atoms with van der Waals surface area (Å²) in [4.78, 5) is 15.2. The van der Waals surface area contributed by atoms with Gasteiger partial charge in [0, 0.05) is 10.9 Å². The van der Waals surface area contributed by atoms with E-state index in [0.29, 0.717) is 17.9 Å². The van der Waals surface area contributed by atoms with Crippen molar-refractivity contribution in [1.82, 2.24) is 4.57 Å². The number of amides is 1. The predicted octanol–water partition coefficient (Wildman–Crippen LogP) is 0.642. The van der Waals surface area contributed by atoms with Crippen LogP contribution in [0, 0.1) is 0 Å². The van der Waals surface area contributed by atoms with Gasteiger partial charge in [-0.05, 0) is 18.2 Å². The first kappa shape index (κ1) is 18.3. The Kier molecular flexibility index (Phi) is 5.18. The van der Waals surface area contributed by atoms with Crippen LogP contribution in [-0.4, -0.2) is 48.8 Å². The lowest BCUT2D eigenvalue weighted by Gasteiger charge is -2.27. The number of hydrogen-bond donors (Lipinski definition) is 3. The number of benzene rings is 2. The number of aromatic hydroxyl groups is 1. The van der Waals surface area contributed by atoms with E-state index in [9.17, 15) is 9.90 Å². The number of likely N-dealkylation sites (N-methyl/N-ethyl adjacent to an activating group) is 1. The Morgan fingerprint density at radius 1 is 1.04 bits per heavy atom. The summed E-state index contributed by atoms with van der Waals surface area (Å²) in [5.74, 6) is -0.367. The molecule has 3 N–H and O–H groups in total. The summed E-state index contributed by atoms with van der Waals surface area (Å²) in [6.45, 7) is 5.02. The van der Waals surface area contributed by atoms with Crippen LogP contribution in [0.5, 0.6) is 5.88 Å². The van der Waals surface area contributed by atoms with Crippen LogP contribution in [0.2, 0.25) is 0 Å². The first-order chi connectivity index (χ1) is 13.6. The second-order valence-corrected chi connectivity index (χ2v) is 7.35. The maximum absolute atomic E-state index is 12.3. The second kappa shape index (κ2) is 7.92. The number of fused-ring (bicyclic) bond motifs is 1. The van der Waals surface area contributed by atoms with E-state index in [1.54, 1.807) is 29.2 Å². The van der Waals surface area contributed by atoms with Crippen molar-refractivity contribution in [2.24, 2.45) is 10.2 Å². The highest BCUT2D eigenvalue weighted by Gasteiger charge is 2.24. The maximum atomic E-state index is 12.3. The molecule has 1 aliphatic rings. The molecule has 0 aliphatic carbocycles. The van der Waals surface area contributed by atoms with Crippen molar-refractivity contribution in [3.8, 4) is 5.88 Å². The van der Waals surface area contributed by atoms with Crippen molar-refractivity contribution in [1.29, 1.82) is 0 Å². The fourth-order valence-corrected chi connectivity index (χ4v) is 3.68. The molecule has 1 fully saturated rings. The number of piperazine rings is 1. The molecule has 0 bridgehead atoms. The zero-order chi connectivity index (χ0) is 19.5. The molecule has 28 heavy (non-hydrogen) atoms. The molecule has 1 aromatic heterocycles. The third kappa shape index (κ3) is 3.67. The lowest BCUT2D eigenvalue weighted by Crippen LogP contribution is -3.26. The smallest absolute Gasteiger partial charge is 0.295 e. The van der Waals surface area contributed by atoms with Gasteiger partial charge in [0.15, 0.2) is 12.4 Å².